The molecule has 2 N–H and O–H groups in total. The fourth-order valence-corrected chi connectivity index (χ4v) is 2.04. The van der Waals surface area contributed by atoms with Crippen LogP contribution in [0.25, 0.3) is 11.0 Å². The van der Waals surface area contributed by atoms with Gasteiger partial charge < -0.3 is 19.9 Å². The molecular weight excluding hydrogens is 268 g/mol. The average Bonchev–Trinajstić information content (AvgIpc) is 2.85. The molecule has 0 bridgehead atoms. The summed E-state index contributed by atoms with van der Waals surface area (Å²) in [6.07, 6.45) is 1.04. The maximum absolute atomic E-state index is 11.7. The second-order valence-electron chi connectivity index (χ2n) is 5.12. The number of imidazole rings is 1. The zero-order valence-corrected chi connectivity index (χ0v) is 12.8. The molecule has 2 aromatic rings. The standard InChI is InChI=1S/C15H22N4O2/c1-4-21-14(20)11-6-7-12-13(10-11)18-15(17-12)16-8-5-9-19(2)3/h6-7,10H,4-5,8-9H2,1-3H3,(H2,16,17,18). The number of ether oxygens (including phenoxy) is 1. The Morgan fingerprint density at radius 3 is 2.95 bits per heavy atom. The van der Waals surface area contributed by atoms with Gasteiger partial charge in [0.2, 0.25) is 5.95 Å². The summed E-state index contributed by atoms with van der Waals surface area (Å²) in [6, 6.07) is 5.32. The Balaban J connectivity index is 2.02. The molecule has 0 aliphatic rings. The monoisotopic (exact) mass is 290 g/mol. The second kappa shape index (κ2) is 7.08. The van der Waals surface area contributed by atoms with E-state index in [1.165, 1.54) is 0 Å². The number of fused-ring (bicyclic) bond motifs is 1. The van der Waals surface area contributed by atoms with Gasteiger partial charge in [0, 0.05) is 6.54 Å². The largest absolute Gasteiger partial charge is 0.462 e. The van der Waals surface area contributed by atoms with Crippen molar-refractivity contribution in [2.45, 2.75) is 13.3 Å². The van der Waals surface area contributed by atoms with Gasteiger partial charge in [-0.1, -0.05) is 0 Å². The van der Waals surface area contributed by atoms with Crippen molar-refractivity contribution in [3.8, 4) is 0 Å². The summed E-state index contributed by atoms with van der Waals surface area (Å²) < 4.78 is 4.99. The van der Waals surface area contributed by atoms with Gasteiger partial charge in [-0.25, -0.2) is 9.78 Å². The number of aromatic amines is 1. The lowest BCUT2D eigenvalue weighted by Gasteiger charge is -2.08. The Hall–Kier alpha value is -2.08. The number of benzene rings is 1. The van der Waals surface area contributed by atoms with Crippen LogP contribution in [0.2, 0.25) is 0 Å². The number of hydrogen-bond acceptors (Lipinski definition) is 5. The summed E-state index contributed by atoms with van der Waals surface area (Å²) in [6.45, 7) is 4.05. The molecule has 0 amide bonds. The van der Waals surface area contributed by atoms with Crippen LogP contribution in [0.3, 0.4) is 0 Å². The lowest BCUT2D eigenvalue weighted by atomic mass is 10.2. The molecule has 2 rings (SSSR count). The van der Waals surface area contributed by atoms with Crippen molar-refractivity contribution in [1.82, 2.24) is 14.9 Å². The number of nitrogens with one attached hydrogen (secondary N) is 2. The van der Waals surface area contributed by atoms with E-state index in [1.54, 1.807) is 19.1 Å². The number of anilines is 1. The zero-order chi connectivity index (χ0) is 15.2. The van der Waals surface area contributed by atoms with Gasteiger partial charge >= 0.3 is 5.97 Å². The van der Waals surface area contributed by atoms with Crippen LogP contribution in [-0.4, -0.2) is 54.6 Å². The van der Waals surface area contributed by atoms with Gasteiger partial charge in [-0.3, -0.25) is 0 Å². The van der Waals surface area contributed by atoms with Crippen LogP contribution in [0, 0.1) is 0 Å². The number of hydrogen-bond donors (Lipinski definition) is 2. The maximum Gasteiger partial charge on any atom is 0.338 e. The van der Waals surface area contributed by atoms with Crippen LogP contribution in [0.5, 0.6) is 0 Å². The summed E-state index contributed by atoms with van der Waals surface area (Å²) in [5, 5.41) is 3.25. The molecule has 0 aliphatic carbocycles. The first-order chi connectivity index (χ1) is 10.1. The Morgan fingerprint density at radius 1 is 1.43 bits per heavy atom. The Bertz CT molecular complexity index is 607. The topological polar surface area (TPSA) is 70.2 Å². The average molecular weight is 290 g/mol. The van der Waals surface area contributed by atoms with E-state index in [9.17, 15) is 4.79 Å². The van der Waals surface area contributed by atoms with Crippen molar-refractivity contribution in [3.05, 3.63) is 23.8 Å². The molecule has 0 saturated heterocycles. The molecule has 0 radical (unpaired) electrons. The number of aromatic nitrogens is 2. The quantitative estimate of drug-likeness (QED) is 0.603. The van der Waals surface area contributed by atoms with Crippen molar-refractivity contribution < 1.29 is 9.53 Å². The van der Waals surface area contributed by atoms with E-state index in [-0.39, 0.29) is 5.97 Å². The number of carbonyl (C=O) groups excluding carboxylic acids is 1. The van der Waals surface area contributed by atoms with Gasteiger partial charge in [-0.15, -0.1) is 0 Å². The number of esters is 1. The normalized spacial score (nSPS) is 11.0. The van der Waals surface area contributed by atoms with E-state index in [2.05, 4.69) is 34.3 Å². The molecule has 114 valence electrons. The van der Waals surface area contributed by atoms with Gasteiger partial charge in [-0.2, -0.15) is 0 Å². The first-order valence-corrected chi connectivity index (χ1v) is 7.15. The minimum Gasteiger partial charge on any atom is -0.462 e. The molecule has 0 unspecified atom stereocenters. The highest BCUT2D eigenvalue weighted by Gasteiger charge is 2.09. The van der Waals surface area contributed by atoms with E-state index in [0.717, 1.165) is 36.5 Å². The van der Waals surface area contributed by atoms with Crippen LogP contribution < -0.4 is 5.32 Å². The van der Waals surface area contributed by atoms with Gasteiger partial charge in [0.1, 0.15) is 0 Å². The number of H-pyrrole nitrogens is 1. The summed E-state index contributed by atoms with van der Waals surface area (Å²) in [5.74, 6) is 0.416. The molecule has 0 atom stereocenters. The van der Waals surface area contributed by atoms with Crippen LogP contribution in [-0.2, 0) is 4.74 Å². The van der Waals surface area contributed by atoms with E-state index in [1.807, 2.05) is 6.07 Å². The third-order valence-corrected chi connectivity index (χ3v) is 3.07. The van der Waals surface area contributed by atoms with Crippen LogP contribution in [0.1, 0.15) is 23.7 Å². The molecule has 6 nitrogen and oxygen atoms in total. The molecule has 6 heteroatoms. The van der Waals surface area contributed by atoms with Crippen LogP contribution in [0.15, 0.2) is 18.2 Å². The predicted molar refractivity (Wildman–Crippen MR) is 83.7 cm³/mol. The Morgan fingerprint density at radius 2 is 2.24 bits per heavy atom. The lowest BCUT2D eigenvalue weighted by molar-refractivity contribution is 0.0526. The number of nitrogens with zero attached hydrogens (tertiary/aromatic N) is 2. The molecule has 0 fully saturated rings. The van der Waals surface area contributed by atoms with Crippen molar-refractivity contribution in [2.24, 2.45) is 0 Å². The van der Waals surface area contributed by atoms with Gasteiger partial charge in [0.05, 0.1) is 23.2 Å². The molecular formula is C15H22N4O2. The van der Waals surface area contributed by atoms with E-state index >= 15 is 0 Å². The third kappa shape index (κ3) is 4.19. The summed E-state index contributed by atoms with van der Waals surface area (Å²) in [7, 11) is 4.11. The summed E-state index contributed by atoms with van der Waals surface area (Å²) in [5.41, 5.74) is 2.20. The summed E-state index contributed by atoms with van der Waals surface area (Å²) >= 11 is 0. The summed E-state index contributed by atoms with van der Waals surface area (Å²) in [4.78, 5) is 21.5. The Labute approximate surface area is 124 Å². The molecule has 21 heavy (non-hydrogen) atoms. The van der Waals surface area contributed by atoms with Gasteiger partial charge in [-0.05, 0) is 52.2 Å². The fraction of sp³-hybridized carbons (Fsp3) is 0.467. The first kappa shape index (κ1) is 15.3. The smallest absolute Gasteiger partial charge is 0.338 e. The lowest BCUT2D eigenvalue weighted by Crippen LogP contribution is -2.16. The molecule has 1 heterocycles. The maximum atomic E-state index is 11.7. The van der Waals surface area contributed by atoms with Crippen LogP contribution in [0.4, 0.5) is 5.95 Å². The highest BCUT2D eigenvalue weighted by Crippen LogP contribution is 2.16. The number of carbonyl (C=O) groups is 1. The van der Waals surface area contributed by atoms with E-state index in [0.29, 0.717) is 12.2 Å². The van der Waals surface area contributed by atoms with Gasteiger partial charge in [0.25, 0.3) is 0 Å². The first-order valence-electron chi connectivity index (χ1n) is 7.15. The second-order valence-corrected chi connectivity index (χ2v) is 5.12. The molecule has 0 saturated carbocycles. The molecule has 1 aromatic heterocycles. The molecule has 0 aliphatic heterocycles. The van der Waals surface area contributed by atoms with Crippen molar-refractivity contribution in [1.29, 1.82) is 0 Å². The highest BCUT2D eigenvalue weighted by molar-refractivity contribution is 5.93. The van der Waals surface area contributed by atoms with Crippen molar-refractivity contribution in [3.63, 3.8) is 0 Å². The van der Waals surface area contributed by atoms with Crippen LogP contribution >= 0.6 is 0 Å². The van der Waals surface area contributed by atoms with E-state index < -0.39 is 0 Å². The minimum atomic E-state index is -0.311. The van der Waals surface area contributed by atoms with E-state index in [4.69, 9.17) is 4.74 Å². The minimum absolute atomic E-state index is 0.311. The zero-order valence-electron chi connectivity index (χ0n) is 12.8. The van der Waals surface area contributed by atoms with Gasteiger partial charge in [0.15, 0.2) is 0 Å². The molecule has 0 spiro atoms. The molecule has 1 aromatic carbocycles. The predicted octanol–water partition coefficient (Wildman–Crippen LogP) is 2.10. The SMILES string of the molecule is CCOC(=O)c1ccc2nc(NCCCN(C)C)[nH]c2c1. The highest BCUT2D eigenvalue weighted by atomic mass is 16.5. The van der Waals surface area contributed by atoms with Crippen molar-refractivity contribution in [2.75, 3.05) is 39.1 Å². The Kier molecular flexibility index (Phi) is 5.16. The fourth-order valence-electron chi connectivity index (χ4n) is 2.04. The number of rotatable bonds is 7. The van der Waals surface area contributed by atoms with Crippen molar-refractivity contribution >= 4 is 23.0 Å². The third-order valence-electron chi connectivity index (χ3n) is 3.07.